The molecule has 0 aromatic heterocycles. The zero-order chi connectivity index (χ0) is 26.4. The Balaban J connectivity index is 1.58. The van der Waals surface area contributed by atoms with Gasteiger partial charge in [-0.2, -0.15) is 4.31 Å². The average molecular weight is 530 g/mol. The number of unbranched alkanes of at least 4 members (excludes halogenated alkanes) is 2. The number of hydrogen-bond donors (Lipinski definition) is 0. The largest absolute Gasteiger partial charge is 0.485 e. The number of hydrogen-bond acceptors (Lipinski definition) is 6. The van der Waals surface area contributed by atoms with Crippen LogP contribution in [0, 0.1) is 0 Å². The quantitative estimate of drug-likeness (QED) is 0.391. The molecule has 204 valence electrons. The third kappa shape index (κ3) is 6.85. The first-order valence-corrected chi connectivity index (χ1v) is 15.1. The zero-order valence-electron chi connectivity index (χ0n) is 22.8. The van der Waals surface area contributed by atoms with E-state index in [0.717, 1.165) is 56.4 Å². The predicted molar refractivity (Wildman–Crippen MR) is 149 cm³/mol. The summed E-state index contributed by atoms with van der Waals surface area (Å²) in [5.74, 6) is 0.433. The van der Waals surface area contributed by atoms with Crippen LogP contribution in [0.15, 0.2) is 53.4 Å². The number of sulfonamides is 1. The van der Waals surface area contributed by atoms with Gasteiger partial charge in [-0.3, -0.25) is 0 Å². The van der Waals surface area contributed by atoms with Crippen molar-refractivity contribution < 1.29 is 17.9 Å². The number of likely N-dealkylation sites (N-methyl/N-ethyl adjacent to an activating group) is 1. The fraction of sp³-hybridized carbons (Fsp3) is 0.586. The van der Waals surface area contributed by atoms with E-state index in [9.17, 15) is 8.42 Å². The normalized spacial score (nSPS) is 22.5. The molecule has 0 aliphatic carbocycles. The summed E-state index contributed by atoms with van der Waals surface area (Å²) in [6.07, 6.45) is 4.74. The molecular weight excluding hydrogens is 486 g/mol. The van der Waals surface area contributed by atoms with Crippen molar-refractivity contribution >= 4 is 15.7 Å². The first-order valence-electron chi connectivity index (χ1n) is 13.6. The molecule has 3 atom stereocenters. The van der Waals surface area contributed by atoms with Gasteiger partial charge in [-0.1, -0.05) is 56.5 Å². The van der Waals surface area contributed by atoms with Gasteiger partial charge in [0, 0.05) is 36.9 Å². The summed E-state index contributed by atoms with van der Waals surface area (Å²) in [5, 5.41) is 0. The van der Waals surface area contributed by atoms with E-state index < -0.39 is 16.1 Å². The number of fused-ring (bicyclic) bond motifs is 1. The molecule has 2 aromatic rings. The van der Waals surface area contributed by atoms with Crippen LogP contribution in [-0.2, 0) is 21.4 Å². The van der Waals surface area contributed by atoms with Gasteiger partial charge in [-0.05, 0) is 51.6 Å². The minimum Gasteiger partial charge on any atom is -0.485 e. The van der Waals surface area contributed by atoms with E-state index in [1.807, 2.05) is 49.4 Å². The highest BCUT2D eigenvalue weighted by Gasteiger charge is 2.38. The summed E-state index contributed by atoms with van der Waals surface area (Å²) >= 11 is 0. The van der Waals surface area contributed by atoms with Crippen LogP contribution in [0.4, 0.5) is 5.69 Å². The van der Waals surface area contributed by atoms with Crippen molar-refractivity contribution in [3.63, 3.8) is 0 Å². The van der Waals surface area contributed by atoms with Gasteiger partial charge in [-0.15, -0.1) is 0 Å². The van der Waals surface area contributed by atoms with E-state index in [4.69, 9.17) is 9.47 Å². The maximum absolute atomic E-state index is 13.9. The lowest BCUT2D eigenvalue weighted by atomic mass is 10.1. The third-order valence-electron chi connectivity index (χ3n) is 7.58. The summed E-state index contributed by atoms with van der Waals surface area (Å²) in [7, 11) is 0.512. The fourth-order valence-corrected chi connectivity index (χ4v) is 7.05. The molecule has 8 heteroatoms. The first kappa shape index (κ1) is 27.9. The van der Waals surface area contributed by atoms with Gasteiger partial charge in [0.15, 0.2) is 0 Å². The van der Waals surface area contributed by atoms with Crippen molar-refractivity contribution in [3.8, 4) is 5.75 Å². The lowest BCUT2D eigenvalue weighted by Crippen LogP contribution is -2.44. The summed E-state index contributed by atoms with van der Waals surface area (Å²) < 4.78 is 41.9. The molecule has 1 fully saturated rings. The Morgan fingerprint density at radius 2 is 1.89 bits per heavy atom. The molecule has 37 heavy (non-hydrogen) atoms. The minimum absolute atomic E-state index is 0.109. The van der Waals surface area contributed by atoms with Crippen molar-refractivity contribution in [2.75, 3.05) is 45.2 Å². The van der Waals surface area contributed by atoms with Crippen molar-refractivity contribution in [1.29, 1.82) is 0 Å². The van der Waals surface area contributed by atoms with Crippen LogP contribution in [-0.4, -0.2) is 76.1 Å². The van der Waals surface area contributed by atoms with E-state index in [2.05, 4.69) is 30.8 Å². The molecule has 0 saturated carbocycles. The molecule has 0 unspecified atom stereocenters. The molecule has 2 heterocycles. The minimum atomic E-state index is -3.70. The summed E-state index contributed by atoms with van der Waals surface area (Å²) in [4.78, 5) is 4.83. The molecule has 4 rings (SSSR count). The molecule has 1 saturated heterocycles. The Kier molecular flexibility index (Phi) is 9.51. The number of anilines is 1. The van der Waals surface area contributed by atoms with Gasteiger partial charge in [0.1, 0.15) is 16.7 Å². The summed E-state index contributed by atoms with van der Waals surface area (Å²) in [5.41, 5.74) is 2.09. The average Bonchev–Trinajstić information content (AvgIpc) is 3.35. The molecular formula is C29H43N3O4S. The standard InChI is InChI=1S/C29H43N3O4S/c1-5-6-8-11-23(2)32-20-27(22-35-21-24-12-9-7-10-13-24)36-28-18-25(14-15-29(28)37(32,33)34)31-17-16-26(19-31)30(3)4/h7,9-10,12-15,18,23,26-27H,5-6,8,11,16-17,19-22H2,1-4H3/t23-,26-,27+/m0/s1. The molecule has 2 aliphatic heterocycles. The van der Waals surface area contributed by atoms with Gasteiger partial charge < -0.3 is 19.3 Å². The van der Waals surface area contributed by atoms with Crippen molar-refractivity contribution in [3.05, 3.63) is 54.1 Å². The molecule has 0 spiro atoms. The number of benzene rings is 2. The topological polar surface area (TPSA) is 62.3 Å². The number of ether oxygens (including phenoxy) is 2. The SMILES string of the molecule is CCCCC[C@H](C)N1C[C@H](COCc2ccccc2)Oc2cc(N3CC[C@H](N(C)C)C3)ccc2S1(=O)=O. The molecule has 0 bridgehead atoms. The second kappa shape index (κ2) is 12.6. The van der Waals surface area contributed by atoms with Crippen LogP contribution >= 0.6 is 0 Å². The van der Waals surface area contributed by atoms with E-state index in [-0.39, 0.29) is 17.5 Å². The van der Waals surface area contributed by atoms with E-state index in [0.29, 0.717) is 25.0 Å². The van der Waals surface area contributed by atoms with Crippen LogP contribution in [0.1, 0.15) is 51.5 Å². The zero-order valence-corrected chi connectivity index (χ0v) is 23.6. The Hall–Kier alpha value is -2.13. The Morgan fingerprint density at radius 1 is 1.11 bits per heavy atom. The van der Waals surface area contributed by atoms with Gasteiger partial charge in [0.2, 0.25) is 10.0 Å². The van der Waals surface area contributed by atoms with Gasteiger partial charge in [-0.25, -0.2) is 8.42 Å². The fourth-order valence-electron chi connectivity index (χ4n) is 5.26. The Bertz CT molecular complexity index is 1110. The molecule has 0 radical (unpaired) electrons. The smallest absolute Gasteiger partial charge is 0.247 e. The van der Waals surface area contributed by atoms with Crippen molar-refractivity contribution in [2.45, 2.75) is 75.6 Å². The van der Waals surface area contributed by atoms with Gasteiger partial charge >= 0.3 is 0 Å². The monoisotopic (exact) mass is 529 g/mol. The summed E-state index contributed by atoms with van der Waals surface area (Å²) in [6.45, 7) is 7.10. The van der Waals surface area contributed by atoms with Crippen molar-refractivity contribution in [1.82, 2.24) is 9.21 Å². The molecule has 0 N–H and O–H groups in total. The Morgan fingerprint density at radius 3 is 2.59 bits per heavy atom. The van der Waals surface area contributed by atoms with Crippen LogP contribution in [0.3, 0.4) is 0 Å². The second-order valence-corrected chi connectivity index (χ2v) is 12.5. The highest BCUT2D eigenvalue weighted by Crippen LogP contribution is 2.37. The van der Waals surface area contributed by atoms with Crippen LogP contribution < -0.4 is 9.64 Å². The van der Waals surface area contributed by atoms with Crippen LogP contribution in [0.25, 0.3) is 0 Å². The highest BCUT2D eigenvalue weighted by atomic mass is 32.2. The second-order valence-electron chi connectivity index (χ2n) is 10.6. The Labute approximate surface area is 223 Å². The van der Waals surface area contributed by atoms with E-state index in [1.165, 1.54) is 0 Å². The van der Waals surface area contributed by atoms with Gasteiger partial charge in [0.25, 0.3) is 0 Å². The van der Waals surface area contributed by atoms with E-state index in [1.54, 1.807) is 10.4 Å². The van der Waals surface area contributed by atoms with Crippen LogP contribution in [0.2, 0.25) is 0 Å². The highest BCUT2D eigenvalue weighted by molar-refractivity contribution is 7.89. The first-order chi connectivity index (χ1) is 17.8. The lowest BCUT2D eigenvalue weighted by Gasteiger charge is -2.28. The number of nitrogens with zero attached hydrogens (tertiary/aromatic N) is 3. The maximum atomic E-state index is 13.9. The van der Waals surface area contributed by atoms with Crippen LogP contribution in [0.5, 0.6) is 5.75 Å². The summed E-state index contributed by atoms with van der Waals surface area (Å²) in [6, 6.07) is 16.0. The van der Waals surface area contributed by atoms with E-state index >= 15 is 0 Å². The third-order valence-corrected chi connectivity index (χ3v) is 9.60. The maximum Gasteiger partial charge on any atom is 0.247 e. The predicted octanol–water partition coefficient (Wildman–Crippen LogP) is 4.76. The molecule has 0 amide bonds. The molecule has 7 nitrogen and oxygen atoms in total. The molecule has 2 aliphatic rings. The van der Waals surface area contributed by atoms with Crippen molar-refractivity contribution in [2.24, 2.45) is 0 Å². The number of rotatable bonds is 11. The van der Waals surface area contributed by atoms with Gasteiger partial charge in [0.05, 0.1) is 19.8 Å². The molecule has 2 aromatic carbocycles. The lowest BCUT2D eigenvalue weighted by molar-refractivity contribution is 0.0310.